The Morgan fingerprint density at radius 3 is 2.55 bits per heavy atom. The maximum absolute atomic E-state index is 12.5. The molecule has 0 saturated carbocycles. The predicted molar refractivity (Wildman–Crippen MR) is 123 cm³/mol. The number of anilines is 1. The molecule has 164 valence electrons. The minimum absolute atomic E-state index is 0.147. The molecule has 7 heteroatoms. The number of ether oxygens (including phenoxy) is 1. The van der Waals surface area contributed by atoms with Crippen LogP contribution in [0.25, 0.3) is 11.1 Å². The van der Waals surface area contributed by atoms with Gasteiger partial charge in [0.25, 0.3) is 0 Å². The molecule has 2 saturated heterocycles. The lowest BCUT2D eigenvalue weighted by molar-refractivity contribution is 0.122. The maximum atomic E-state index is 12.5. The van der Waals surface area contributed by atoms with Crippen LogP contribution in [0, 0.1) is 6.92 Å². The molecule has 5 rings (SSSR count). The van der Waals surface area contributed by atoms with Crippen LogP contribution in [0.2, 0.25) is 5.02 Å². The van der Waals surface area contributed by atoms with Crippen LogP contribution in [-0.2, 0) is 11.3 Å². The van der Waals surface area contributed by atoms with Crippen LogP contribution in [0.3, 0.4) is 0 Å². The van der Waals surface area contributed by atoms with E-state index in [0.29, 0.717) is 10.6 Å². The molecule has 0 spiro atoms. The molecule has 3 heterocycles. The van der Waals surface area contributed by atoms with Crippen molar-refractivity contribution in [3.63, 3.8) is 0 Å². The number of likely N-dealkylation sites (tertiary alicyclic amines) is 1. The lowest BCUT2D eigenvalue weighted by Crippen LogP contribution is -2.37. The van der Waals surface area contributed by atoms with Crippen molar-refractivity contribution in [1.29, 1.82) is 0 Å². The van der Waals surface area contributed by atoms with Crippen molar-refractivity contribution in [1.82, 2.24) is 9.47 Å². The molecule has 2 aromatic carbocycles. The molecule has 0 N–H and O–H groups in total. The summed E-state index contributed by atoms with van der Waals surface area (Å²) in [5, 5.41) is 0.621. The highest BCUT2D eigenvalue weighted by Crippen LogP contribution is 2.29. The molecule has 6 nitrogen and oxygen atoms in total. The summed E-state index contributed by atoms with van der Waals surface area (Å²) in [7, 11) is 0. The van der Waals surface area contributed by atoms with Gasteiger partial charge in [-0.3, -0.25) is 9.47 Å². The van der Waals surface area contributed by atoms with Crippen LogP contribution < -0.4 is 10.7 Å². The van der Waals surface area contributed by atoms with Crippen molar-refractivity contribution < 1.29 is 9.15 Å². The molecule has 1 aromatic heterocycles. The van der Waals surface area contributed by atoms with E-state index >= 15 is 0 Å². The third-order valence-corrected chi connectivity index (χ3v) is 6.83. The molecular formula is C24H28ClN3O3. The number of fused-ring (bicyclic) bond motifs is 1. The van der Waals surface area contributed by atoms with Crippen molar-refractivity contribution in [2.45, 2.75) is 32.4 Å². The van der Waals surface area contributed by atoms with Crippen molar-refractivity contribution in [2.24, 2.45) is 0 Å². The van der Waals surface area contributed by atoms with Gasteiger partial charge < -0.3 is 14.1 Å². The standard InChI is InChI=1S/C24H28ClN3O3/c1-17-14-21(27-10-12-30-13-11-27)4-2-18(17)16-26-8-6-20(7-9-26)28-22-15-19(25)3-5-23(22)31-24(28)29/h2-5,14-15,20H,6-13,16H2,1H3. The number of hydrogen-bond acceptors (Lipinski definition) is 5. The van der Waals surface area contributed by atoms with Gasteiger partial charge in [-0.05, 0) is 61.2 Å². The number of halogens is 1. The first-order valence-electron chi connectivity index (χ1n) is 11.0. The SMILES string of the molecule is Cc1cc(N2CCOCC2)ccc1CN1CCC(n2c(=O)oc3ccc(Cl)cc32)CC1. The Morgan fingerprint density at radius 2 is 1.81 bits per heavy atom. The number of hydrogen-bond donors (Lipinski definition) is 0. The largest absolute Gasteiger partial charge is 0.420 e. The fraction of sp³-hybridized carbons (Fsp3) is 0.458. The molecule has 3 aromatic rings. The third kappa shape index (κ3) is 4.25. The minimum atomic E-state index is -0.287. The van der Waals surface area contributed by atoms with Gasteiger partial charge in [0.15, 0.2) is 5.58 Å². The molecule has 2 aliphatic heterocycles. The Labute approximate surface area is 186 Å². The Kier molecular flexibility index (Phi) is 5.78. The van der Waals surface area contributed by atoms with Crippen LogP contribution in [0.15, 0.2) is 45.6 Å². The van der Waals surface area contributed by atoms with Crippen molar-refractivity contribution in [3.8, 4) is 0 Å². The molecule has 0 bridgehead atoms. The molecule has 31 heavy (non-hydrogen) atoms. The quantitative estimate of drug-likeness (QED) is 0.606. The Bertz CT molecular complexity index is 1120. The van der Waals surface area contributed by atoms with Crippen molar-refractivity contribution >= 4 is 28.4 Å². The van der Waals surface area contributed by atoms with E-state index in [2.05, 4.69) is 34.9 Å². The van der Waals surface area contributed by atoms with E-state index in [4.69, 9.17) is 20.8 Å². The predicted octanol–water partition coefficient (Wildman–Crippen LogP) is 4.23. The Balaban J connectivity index is 1.25. The van der Waals surface area contributed by atoms with Gasteiger partial charge in [0.2, 0.25) is 0 Å². The smallest absolute Gasteiger partial charge is 0.408 e. The number of piperidine rings is 1. The fourth-order valence-electron chi connectivity index (χ4n) is 4.80. The van der Waals surface area contributed by atoms with E-state index in [-0.39, 0.29) is 11.8 Å². The number of rotatable bonds is 4. The molecule has 0 amide bonds. The van der Waals surface area contributed by atoms with E-state index in [0.717, 1.165) is 64.3 Å². The highest BCUT2D eigenvalue weighted by atomic mass is 35.5. The van der Waals surface area contributed by atoms with Gasteiger partial charge in [0.05, 0.1) is 18.7 Å². The lowest BCUT2D eigenvalue weighted by atomic mass is 10.0. The highest BCUT2D eigenvalue weighted by molar-refractivity contribution is 6.31. The first kappa shape index (κ1) is 20.6. The number of benzene rings is 2. The van der Waals surface area contributed by atoms with Crippen LogP contribution in [0.4, 0.5) is 5.69 Å². The molecule has 0 unspecified atom stereocenters. The lowest BCUT2D eigenvalue weighted by Gasteiger charge is -2.33. The molecule has 0 radical (unpaired) electrons. The second kappa shape index (κ2) is 8.69. The average molecular weight is 442 g/mol. The summed E-state index contributed by atoms with van der Waals surface area (Å²) in [6.07, 6.45) is 1.85. The third-order valence-electron chi connectivity index (χ3n) is 6.59. The van der Waals surface area contributed by atoms with Crippen molar-refractivity contribution in [2.75, 3.05) is 44.3 Å². The summed E-state index contributed by atoms with van der Waals surface area (Å²) in [6, 6.07) is 12.3. The highest BCUT2D eigenvalue weighted by Gasteiger charge is 2.25. The minimum Gasteiger partial charge on any atom is -0.408 e. The number of aromatic nitrogens is 1. The first-order valence-corrected chi connectivity index (χ1v) is 11.4. The van der Waals surface area contributed by atoms with Gasteiger partial charge >= 0.3 is 5.76 Å². The molecule has 2 fully saturated rings. The van der Waals surface area contributed by atoms with E-state index < -0.39 is 0 Å². The molecule has 0 atom stereocenters. The molecule has 2 aliphatic rings. The molecular weight excluding hydrogens is 414 g/mol. The number of aryl methyl sites for hydroxylation is 1. The monoisotopic (exact) mass is 441 g/mol. The first-order chi connectivity index (χ1) is 15.1. The van der Waals surface area contributed by atoms with E-state index in [1.165, 1.54) is 16.8 Å². The summed E-state index contributed by atoms with van der Waals surface area (Å²) in [5.74, 6) is -0.287. The maximum Gasteiger partial charge on any atom is 0.420 e. The Morgan fingerprint density at radius 1 is 1.03 bits per heavy atom. The number of nitrogens with zero attached hydrogens (tertiary/aromatic N) is 3. The number of oxazole rings is 1. The normalized spacial score (nSPS) is 18.7. The fourth-order valence-corrected chi connectivity index (χ4v) is 4.97. The average Bonchev–Trinajstić information content (AvgIpc) is 3.11. The van der Waals surface area contributed by atoms with E-state index in [1.54, 1.807) is 16.7 Å². The van der Waals surface area contributed by atoms with Gasteiger partial charge in [-0.15, -0.1) is 0 Å². The van der Waals surface area contributed by atoms with Gasteiger partial charge in [0, 0.05) is 49.5 Å². The summed E-state index contributed by atoms with van der Waals surface area (Å²) in [6.45, 7) is 8.57. The zero-order chi connectivity index (χ0) is 21.4. The van der Waals surface area contributed by atoms with E-state index in [9.17, 15) is 4.79 Å². The van der Waals surface area contributed by atoms with Crippen molar-refractivity contribution in [3.05, 3.63) is 63.1 Å². The van der Waals surface area contributed by atoms with Crippen LogP contribution >= 0.6 is 11.6 Å². The summed E-state index contributed by atoms with van der Waals surface area (Å²) < 4.78 is 12.7. The van der Waals surface area contributed by atoms with Gasteiger partial charge in [0.1, 0.15) is 0 Å². The zero-order valence-electron chi connectivity index (χ0n) is 17.8. The summed E-state index contributed by atoms with van der Waals surface area (Å²) >= 11 is 6.15. The van der Waals surface area contributed by atoms with Gasteiger partial charge in [-0.1, -0.05) is 17.7 Å². The van der Waals surface area contributed by atoms with Crippen LogP contribution in [0.5, 0.6) is 0 Å². The summed E-state index contributed by atoms with van der Waals surface area (Å²) in [4.78, 5) is 17.3. The van der Waals surface area contributed by atoms with Crippen LogP contribution in [-0.4, -0.2) is 48.9 Å². The number of morpholine rings is 1. The topological polar surface area (TPSA) is 50.9 Å². The van der Waals surface area contributed by atoms with Gasteiger partial charge in [-0.2, -0.15) is 0 Å². The molecule has 0 aliphatic carbocycles. The zero-order valence-corrected chi connectivity index (χ0v) is 18.6. The van der Waals surface area contributed by atoms with Gasteiger partial charge in [-0.25, -0.2) is 4.79 Å². The van der Waals surface area contributed by atoms with Crippen LogP contribution in [0.1, 0.15) is 30.0 Å². The Hall–Kier alpha value is -2.28. The summed E-state index contributed by atoms with van der Waals surface area (Å²) in [5.41, 5.74) is 5.39. The second-order valence-corrected chi connectivity index (χ2v) is 9.00. The second-order valence-electron chi connectivity index (χ2n) is 8.57. The van der Waals surface area contributed by atoms with E-state index in [1.807, 2.05) is 6.07 Å².